The van der Waals surface area contributed by atoms with Crippen LogP contribution in [0, 0.1) is 31.1 Å². The third-order valence-electron chi connectivity index (χ3n) is 5.94. The van der Waals surface area contributed by atoms with Gasteiger partial charge in [-0.2, -0.15) is 13.2 Å². The highest BCUT2D eigenvalue weighted by Gasteiger charge is 2.62. The zero-order valence-electron chi connectivity index (χ0n) is 17.3. The fourth-order valence-electron chi connectivity index (χ4n) is 3.82. The Morgan fingerprint density at radius 3 is 2.37 bits per heavy atom. The highest BCUT2D eigenvalue weighted by molar-refractivity contribution is 6.30. The number of esters is 1. The Morgan fingerprint density at radius 2 is 1.77 bits per heavy atom. The minimum atomic E-state index is -4.61. The van der Waals surface area contributed by atoms with Crippen molar-refractivity contribution < 1.29 is 22.7 Å². The number of aryl methyl sites for hydroxylation is 1. The molecule has 0 N–H and O–H groups in total. The van der Waals surface area contributed by atoms with Crippen LogP contribution in [0.4, 0.5) is 13.2 Å². The summed E-state index contributed by atoms with van der Waals surface area (Å²) in [5.41, 5.74) is 4.53. The van der Waals surface area contributed by atoms with E-state index in [0.717, 1.165) is 28.3 Å². The average Bonchev–Trinajstić information content (AvgIpc) is 3.20. The first-order valence-electron chi connectivity index (χ1n) is 9.69. The maximum absolute atomic E-state index is 12.7. The molecule has 160 valence electrons. The minimum Gasteiger partial charge on any atom is -0.461 e. The maximum Gasteiger partial charge on any atom is 0.426 e. The monoisotopic (exact) mass is 436 g/mol. The van der Waals surface area contributed by atoms with Gasteiger partial charge in [-0.3, -0.25) is 4.79 Å². The van der Waals surface area contributed by atoms with Gasteiger partial charge >= 0.3 is 12.1 Å². The van der Waals surface area contributed by atoms with E-state index in [1.165, 1.54) is 5.56 Å². The van der Waals surface area contributed by atoms with Gasteiger partial charge in [0.1, 0.15) is 11.6 Å². The number of rotatable bonds is 5. The van der Waals surface area contributed by atoms with Crippen LogP contribution in [0.3, 0.4) is 0 Å². The molecule has 0 radical (unpaired) electrons. The summed E-state index contributed by atoms with van der Waals surface area (Å²) >= 11 is 5.35. The molecule has 1 aliphatic carbocycles. The van der Waals surface area contributed by atoms with Gasteiger partial charge in [0.05, 0.1) is 5.92 Å². The molecule has 1 fully saturated rings. The van der Waals surface area contributed by atoms with E-state index in [-0.39, 0.29) is 6.61 Å². The first kappa shape index (κ1) is 22.4. The van der Waals surface area contributed by atoms with Gasteiger partial charge < -0.3 is 4.74 Å². The second kappa shape index (κ2) is 8.10. The summed E-state index contributed by atoms with van der Waals surface area (Å²) in [5, 5.41) is -1.20. The van der Waals surface area contributed by atoms with Crippen molar-refractivity contribution in [2.75, 3.05) is 0 Å². The van der Waals surface area contributed by atoms with E-state index in [2.05, 4.69) is 0 Å². The Kier molecular flexibility index (Phi) is 6.06. The Balaban J connectivity index is 1.71. The smallest absolute Gasteiger partial charge is 0.426 e. The molecule has 0 amide bonds. The second-order valence-corrected chi connectivity index (χ2v) is 8.81. The van der Waals surface area contributed by atoms with E-state index >= 15 is 0 Å². The SMILES string of the molecule is Cc1ccc(-c2cccc(COC(=O)[C@@H]3[C@H](/C=C(\Cl)C(F)(F)F)C3(C)C)c2C)cc1. The van der Waals surface area contributed by atoms with Gasteiger partial charge in [-0.1, -0.05) is 79.6 Å². The molecular formula is C24H24ClF3O2. The molecule has 0 saturated heterocycles. The third kappa shape index (κ3) is 4.56. The number of allylic oxidation sites excluding steroid dienone is 2. The van der Waals surface area contributed by atoms with Gasteiger partial charge in [0.2, 0.25) is 0 Å². The largest absolute Gasteiger partial charge is 0.461 e. The molecule has 0 aliphatic heterocycles. The fourth-order valence-corrected chi connectivity index (χ4v) is 3.95. The van der Waals surface area contributed by atoms with Crippen molar-refractivity contribution in [3.8, 4) is 11.1 Å². The molecule has 0 bridgehead atoms. The van der Waals surface area contributed by atoms with Crippen molar-refractivity contribution in [3.63, 3.8) is 0 Å². The van der Waals surface area contributed by atoms with Crippen LogP contribution in [0.5, 0.6) is 0 Å². The molecule has 0 heterocycles. The predicted molar refractivity (Wildman–Crippen MR) is 112 cm³/mol. The summed E-state index contributed by atoms with van der Waals surface area (Å²) in [5.74, 6) is -1.75. The van der Waals surface area contributed by atoms with Crippen molar-refractivity contribution in [3.05, 3.63) is 70.3 Å². The number of hydrogen-bond acceptors (Lipinski definition) is 2. The zero-order valence-corrected chi connectivity index (χ0v) is 18.1. The van der Waals surface area contributed by atoms with E-state index < -0.39 is 34.4 Å². The van der Waals surface area contributed by atoms with Gasteiger partial charge in [0, 0.05) is 0 Å². The molecule has 1 saturated carbocycles. The number of halogens is 4. The molecule has 3 rings (SSSR count). The van der Waals surface area contributed by atoms with Crippen molar-refractivity contribution in [1.82, 2.24) is 0 Å². The van der Waals surface area contributed by atoms with Crippen molar-refractivity contribution >= 4 is 17.6 Å². The Bertz CT molecular complexity index is 975. The third-order valence-corrected chi connectivity index (χ3v) is 6.28. The zero-order chi connectivity index (χ0) is 22.3. The van der Waals surface area contributed by atoms with Gasteiger partial charge in [0.25, 0.3) is 0 Å². The van der Waals surface area contributed by atoms with Crippen LogP contribution in [0.2, 0.25) is 0 Å². The van der Waals surface area contributed by atoms with Crippen LogP contribution in [0.1, 0.15) is 30.5 Å². The van der Waals surface area contributed by atoms with Gasteiger partial charge in [-0.15, -0.1) is 0 Å². The maximum atomic E-state index is 12.7. The normalized spacial score (nSPS) is 20.7. The van der Waals surface area contributed by atoms with E-state index in [9.17, 15) is 18.0 Å². The number of alkyl halides is 3. The molecule has 2 nitrogen and oxygen atoms in total. The summed E-state index contributed by atoms with van der Waals surface area (Å²) in [6.07, 6.45) is -3.68. The van der Waals surface area contributed by atoms with E-state index in [1.807, 2.05) is 56.3 Å². The first-order valence-corrected chi connectivity index (χ1v) is 10.1. The topological polar surface area (TPSA) is 26.3 Å². The summed E-state index contributed by atoms with van der Waals surface area (Å²) < 4.78 is 43.6. The van der Waals surface area contributed by atoms with E-state index in [0.29, 0.717) is 0 Å². The lowest BCUT2D eigenvalue weighted by atomic mass is 9.96. The number of carbonyl (C=O) groups excluding carboxylic acids is 1. The summed E-state index contributed by atoms with van der Waals surface area (Å²) in [4.78, 5) is 12.6. The minimum absolute atomic E-state index is 0.0698. The molecule has 0 unspecified atom stereocenters. The average molecular weight is 437 g/mol. The fraction of sp³-hybridized carbons (Fsp3) is 0.375. The van der Waals surface area contributed by atoms with Gasteiger partial charge in [0.15, 0.2) is 0 Å². The Hall–Kier alpha value is -2.27. The van der Waals surface area contributed by atoms with Gasteiger partial charge in [-0.05, 0) is 47.4 Å². The second-order valence-electron chi connectivity index (χ2n) is 8.40. The summed E-state index contributed by atoms with van der Waals surface area (Å²) in [7, 11) is 0. The lowest BCUT2D eigenvalue weighted by Crippen LogP contribution is -2.11. The van der Waals surface area contributed by atoms with Crippen LogP contribution in [-0.2, 0) is 16.1 Å². The summed E-state index contributed by atoms with van der Waals surface area (Å²) in [6, 6.07) is 14.0. The summed E-state index contributed by atoms with van der Waals surface area (Å²) in [6.45, 7) is 7.54. The molecular weight excluding hydrogens is 413 g/mol. The molecule has 0 spiro atoms. The molecule has 0 aromatic heterocycles. The van der Waals surface area contributed by atoms with Crippen LogP contribution >= 0.6 is 11.6 Å². The van der Waals surface area contributed by atoms with Crippen LogP contribution in [0.15, 0.2) is 53.6 Å². The van der Waals surface area contributed by atoms with Crippen molar-refractivity contribution in [1.29, 1.82) is 0 Å². The lowest BCUT2D eigenvalue weighted by molar-refractivity contribution is -0.147. The first-order chi connectivity index (χ1) is 13.9. The predicted octanol–water partition coefficient (Wildman–Crippen LogP) is 6.97. The lowest BCUT2D eigenvalue weighted by Gasteiger charge is -2.13. The van der Waals surface area contributed by atoms with E-state index in [4.69, 9.17) is 16.3 Å². The van der Waals surface area contributed by atoms with Crippen LogP contribution in [-0.4, -0.2) is 12.1 Å². The molecule has 2 aromatic carbocycles. The quantitative estimate of drug-likeness (QED) is 0.473. The van der Waals surface area contributed by atoms with Gasteiger partial charge in [-0.25, -0.2) is 0 Å². The number of benzene rings is 2. The van der Waals surface area contributed by atoms with Crippen LogP contribution in [0.25, 0.3) is 11.1 Å². The number of hydrogen-bond donors (Lipinski definition) is 0. The van der Waals surface area contributed by atoms with Crippen molar-refractivity contribution in [2.24, 2.45) is 17.3 Å². The molecule has 1 aliphatic rings. The van der Waals surface area contributed by atoms with Crippen molar-refractivity contribution in [2.45, 2.75) is 40.5 Å². The highest BCUT2D eigenvalue weighted by Crippen LogP contribution is 2.60. The van der Waals surface area contributed by atoms with Crippen LogP contribution < -0.4 is 0 Å². The van der Waals surface area contributed by atoms with E-state index in [1.54, 1.807) is 13.8 Å². The number of ether oxygens (including phenoxy) is 1. The molecule has 2 aromatic rings. The Morgan fingerprint density at radius 1 is 1.13 bits per heavy atom. The molecule has 2 atom stereocenters. The Labute approximate surface area is 179 Å². The highest BCUT2D eigenvalue weighted by atomic mass is 35.5. The molecule has 6 heteroatoms. The standard InChI is InChI=1S/C24H24ClF3O2/c1-14-8-10-16(11-9-14)18-7-5-6-17(15(18)2)13-30-22(29)21-19(23(21,3)4)12-20(25)24(26,27)28/h5-12,19,21H,13H2,1-4H3/b20-12-/t19-,21-/m0/s1. The number of carbonyl (C=O) groups is 1. The molecule has 30 heavy (non-hydrogen) atoms.